The molecule has 0 N–H and O–H groups in total. The number of nitrogens with zero attached hydrogens (tertiary/aromatic N) is 5. The van der Waals surface area contributed by atoms with E-state index < -0.39 is 5.97 Å². The maximum Gasteiger partial charge on any atom is 0.343 e. The Hall–Kier alpha value is -3.24. The van der Waals surface area contributed by atoms with Crippen molar-refractivity contribution in [3.8, 4) is 17.6 Å². The Morgan fingerprint density at radius 1 is 1.30 bits per heavy atom. The number of esters is 1. The van der Waals surface area contributed by atoms with Crippen LogP contribution in [0.4, 0.5) is 0 Å². The summed E-state index contributed by atoms with van der Waals surface area (Å²) in [6.07, 6.45) is 4.31. The van der Waals surface area contributed by atoms with Gasteiger partial charge in [-0.15, -0.1) is 0 Å². The fourth-order valence-electron chi connectivity index (χ4n) is 1.81. The lowest BCUT2D eigenvalue weighted by Crippen LogP contribution is -2.10. The van der Waals surface area contributed by atoms with Crippen LogP contribution in [0, 0.1) is 11.3 Å². The lowest BCUT2D eigenvalue weighted by molar-refractivity contribution is 0.0734. The summed E-state index contributed by atoms with van der Waals surface area (Å²) in [5, 5.41) is 13.0. The number of rotatable bonds is 3. The predicted molar refractivity (Wildman–Crippen MR) is 80.3 cm³/mol. The Labute approximate surface area is 135 Å². The van der Waals surface area contributed by atoms with Gasteiger partial charge in [-0.05, 0) is 24.3 Å². The van der Waals surface area contributed by atoms with Crippen LogP contribution in [0.25, 0.3) is 5.82 Å². The molecule has 0 bridgehead atoms. The first-order valence-electron chi connectivity index (χ1n) is 6.40. The molecule has 1 aromatic carbocycles. The number of benzene rings is 1. The molecular formula is C15H8ClN5O2. The topological polar surface area (TPSA) is 93.7 Å². The molecule has 23 heavy (non-hydrogen) atoms. The van der Waals surface area contributed by atoms with Gasteiger partial charge in [0.2, 0.25) is 0 Å². The van der Waals surface area contributed by atoms with Crippen molar-refractivity contribution in [3.63, 3.8) is 0 Å². The number of ether oxygens (including phenoxy) is 1. The van der Waals surface area contributed by atoms with Crippen LogP contribution < -0.4 is 4.74 Å². The van der Waals surface area contributed by atoms with Crippen LogP contribution >= 0.6 is 11.6 Å². The molecule has 0 atom stereocenters. The van der Waals surface area contributed by atoms with Crippen molar-refractivity contribution >= 4 is 17.6 Å². The van der Waals surface area contributed by atoms with Crippen molar-refractivity contribution in [2.75, 3.05) is 0 Å². The minimum atomic E-state index is -0.575. The summed E-state index contributed by atoms with van der Waals surface area (Å²) in [6.45, 7) is 0. The van der Waals surface area contributed by atoms with Gasteiger partial charge in [0.25, 0.3) is 0 Å². The van der Waals surface area contributed by atoms with Gasteiger partial charge in [-0.3, -0.25) is 0 Å². The van der Waals surface area contributed by atoms with Gasteiger partial charge in [-0.2, -0.15) is 10.4 Å². The molecule has 0 fully saturated rings. The third-order valence-electron chi connectivity index (χ3n) is 2.91. The van der Waals surface area contributed by atoms with E-state index in [1.165, 1.54) is 53.9 Å². The standard InChI is InChI=1S/C15H8ClN5O2/c16-13-6-12(2-1-11(13)7-17)23-15(22)10-3-4-19-14(5-10)21-9-18-8-20-21/h1-6,8-9H. The fourth-order valence-corrected chi connectivity index (χ4v) is 2.03. The number of nitriles is 1. The van der Waals surface area contributed by atoms with Crippen LogP contribution in [0.1, 0.15) is 15.9 Å². The Kier molecular flexibility index (Phi) is 3.99. The van der Waals surface area contributed by atoms with Crippen molar-refractivity contribution in [1.82, 2.24) is 19.7 Å². The zero-order valence-corrected chi connectivity index (χ0v) is 12.3. The maximum atomic E-state index is 12.2. The zero-order valence-electron chi connectivity index (χ0n) is 11.5. The Balaban J connectivity index is 1.83. The van der Waals surface area contributed by atoms with E-state index in [2.05, 4.69) is 15.1 Å². The summed E-state index contributed by atoms with van der Waals surface area (Å²) in [5.41, 5.74) is 0.606. The van der Waals surface area contributed by atoms with E-state index in [1.54, 1.807) is 0 Å². The van der Waals surface area contributed by atoms with Crippen LogP contribution in [0.2, 0.25) is 5.02 Å². The van der Waals surface area contributed by atoms with E-state index in [1.807, 2.05) is 6.07 Å². The largest absolute Gasteiger partial charge is 0.423 e. The maximum absolute atomic E-state index is 12.2. The van der Waals surface area contributed by atoms with Crippen LogP contribution in [0.15, 0.2) is 49.2 Å². The van der Waals surface area contributed by atoms with Gasteiger partial charge in [-0.25, -0.2) is 19.4 Å². The third kappa shape index (κ3) is 3.17. The van der Waals surface area contributed by atoms with Gasteiger partial charge in [0.1, 0.15) is 24.5 Å². The number of carbonyl (C=O) groups excluding carboxylic acids is 1. The number of pyridine rings is 1. The zero-order chi connectivity index (χ0) is 16.2. The molecular weight excluding hydrogens is 318 g/mol. The van der Waals surface area contributed by atoms with Gasteiger partial charge in [0.05, 0.1) is 16.1 Å². The van der Waals surface area contributed by atoms with Gasteiger partial charge < -0.3 is 4.74 Å². The molecule has 8 heteroatoms. The molecule has 7 nitrogen and oxygen atoms in total. The highest BCUT2D eigenvalue weighted by Crippen LogP contribution is 2.22. The summed E-state index contributed by atoms with van der Waals surface area (Å²) in [4.78, 5) is 20.1. The van der Waals surface area contributed by atoms with Crippen molar-refractivity contribution < 1.29 is 9.53 Å². The molecule has 3 rings (SSSR count). The Morgan fingerprint density at radius 3 is 2.87 bits per heavy atom. The summed E-state index contributed by atoms with van der Waals surface area (Å²) < 4.78 is 6.67. The van der Waals surface area contributed by atoms with Crippen LogP contribution in [-0.4, -0.2) is 25.7 Å². The predicted octanol–water partition coefficient (Wildman–Crippen LogP) is 2.41. The molecule has 112 valence electrons. The number of hydrogen-bond acceptors (Lipinski definition) is 6. The van der Waals surface area contributed by atoms with Gasteiger partial charge in [-0.1, -0.05) is 11.6 Å². The smallest absolute Gasteiger partial charge is 0.343 e. The molecule has 0 saturated heterocycles. The van der Waals surface area contributed by atoms with E-state index in [-0.39, 0.29) is 10.8 Å². The first-order valence-corrected chi connectivity index (χ1v) is 6.78. The summed E-state index contributed by atoms with van der Waals surface area (Å²) in [7, 11) is 0. The summed E-state index contributed by atoms with van der Waals surface area (Å²) >= 11 is 5.91. The average Bonchev–Trinajstić information content (AvgIpc) is 3.10. The highest BCUT2D eigenvalue weighted by Gasteiger charge is 2.12. The molecule has 0 aliphatic heterocycles. The van der Waals surface area contributed by atoms with Crippen LogP contribution in [0.3, 0.4) is 0 Å². The number of halogens is 1. The fraction of sp³-hybridized carbons (Fsp3) is 0. The highest BCUT2D eigenvalue weighted by molar-refractivity contribution is 6.31. The van der Waals surface area contributed by atoms with Crippen molar-refractivity contribution in [3.05, 3.63) is 65.3 Å². The van der Waals surface area contributed by atoms with Gasteiger partial charge >= 0.3 is 5.97 Å². The molecule has 0 aliphatic rings. The molecule has 2 heterocycles. The first kappa shape index (κ1) is 14.7. The van der Waals surface area contributed by atoms with E-state index in [0.29, 0.717) is 16.9 Å². The molecule has 0 radical (unpaired) electrons. The van der Waals surface area contributed by atoms with E-state index >= 15 is 0 Å². The SMILES string of the molecule is N#Cc1ccc(OC(=O)c2ccnc(-n3cncn3)c2)cc1Cl. The van der Waals surface area contributed by atoms with E-state index in [0.717, 1.165) is 0 Å². The normalized spacial score (nSPS) is 10.1. The monoisotopic (exact) mass is 325 g/mol. The van der Waals surface area contributed by atoms with E-state index in [4.69, 9.17) is 21.6 Å². The Bertz CT molecular complexity index is 902. The molecule has 0 unspecified atom stereocenters. The summed E-state index contributed by atoms with van der Waals surface area (Å²) in [6, 6.07) is 9.39. The average molecular weight is 326 g/mol. The first-order chi connectivity index (χ1) is 11.2. The van der Waals surface area contributed by atoms with E-state index in [9.17, 15) is 4.79 Å². The molecule has 0 saturated carbocycles. The van der Waals surface area contributed by atoms with Crippen molar-refractivity contribution in [1.29, 1.82) is 5.26 Å². The second-order valence-corrected chi connectivity index (χ2v) is 4.79. The number of aromatic nitrogens is 4. The van der Waals surface area contributed by atoms with Crippen LogP contribution in [0.5, 0.6) is 5.75 Å². The minimum Gasteiger partial charge on any atom is -0.423 e. The Morgan fingerprint density at radius 2 is 2.17 bits per heavy atom. The molecule has 3 aromatic rings. The summed E-state index contributed by atoms with van der Waals surface area (Å²) in [5.74, 6) is 0.113. The highest BCUT2D eigenvalue weighted by atomic mass is 35.5. The molecule has 0 aliphatic carbocycles. The lowest BCUT2D eigenvalue weighted by Gasteiger charge is -2.06. The number of carbonyl (C=O) groups is 1. The van der Waals surface area contributed by atoms with Crippen molar-refractivity contribution in [2.24, 2.45) is 0 Å². The van der Waals surface area contributed by atoms with Gasteiger partial charge in [0, 0.05) is 12.3 Å². The molecule has 0 spiro atoms. The number of hydrogen-bond donors (Lipinski definition) is 0. The van der Waals surface area contributed by atoms with Gasteiger partial charge in [0.15, 0.2) is 5.82 Å². The van der Waals surface area contributed by atoms with Crippen molar-refractivity contribution in [2.45, 2.75) is 0 Å². The third-order valence-corrected chi connectivity index (χ3v) is 3.22. The molecule has 0 amide bonds. The minimum absolute atomic E-state index is 0.218. The second-order valence-electron chi connectivity index (χ2n) is 4.39. The second kappa shape index (κ2) is 6.25. The lowest BCUT2D eigenvalue weighted by atomic mass is 10.2. The quantitative estimate of drug-likeness (QED) is 0.542. The molecule has 2 aromatic heterocycles. The van der Waals surface area contributed by atoms with Crippen LogP contribution in [-0.2, 0) is 0 Å².